The van der Waals surface area contributed by atoms with Crippen molar-refractivity contribution in [2.75, 3.05) is 0 Å². The molecule has 0 aliphatic carbocycles. The highest BCUT2D eigenvalue weighted by molar-refractivity contribution is 6.31. The Kier molecular flexibility index (Phi) is 4.58. The van der Waals surface area contributed by atoms with E-state index in [4.69, 9.17) is 16.3 Å². The minimum atomic E-state index is -0.861. The van der Waals surface area contributed by atoms with Crippen molar-refractivity contribution in [3.63, 3.8) is 0 Å². The van der Waals surface area contributed by atoms with Gasteiger partial charge in [-0.3, -0.25) is 14.5 Å². The minimum absolute atomic E-state index is 0.206. The lowest BCUT2D eigenvalue weighted by Gasteiger charge is -2.29. The third-order valence-corrected chi connectivity index (χ3v) is 5.26. The molecule has 2 aromatic rings. The van der Waals surface area contributed by atoms with E-state index >= 15 is 0 Å². The van der Waals surface area contributed by atoms with Crippen LogP contribution in [0.3, 0.4) is 0 Å². The molecule has 0 spiro atoms. The summed E-state index contributed by atoms with van der Waals surface area (Å²) >= 11 is 6.12. The number of rotatable bonds is 4. The standard InChI is InChI=1S/C20H17ClN2O4/c21-15-8-4-1-5-12(15)11-22-18(25)16-9-10-17(24)23(16)19-13-6-2-3-7-14(13)20(26)27-19/h1-8,16,19H,9-11H2,(H,22,25)/t16-,19+/m1/s1. The quantitative estimate of drug-likeness (QED) is 0.822. The molecule has 1 N–H and O–H groups in total. The smallest absolute Gasteiger partial charge is 0.340 e. The number of nitrogens with zero attached hydrogens (tertiary/aromatic N) is 1. The molecule has 2 aromatic carbocycles. The summed E-state index contributed by atoms with van der Waals surface area (Å²) in [5, 5.41) is 3.40. The molecule has 2 heterocycles. The van der Waals surface area contributed by atoms with Crippen molar-refractivity contribution in [3.8, 4) is 0 Å². The lowest BCUT2D eigenvalue weighted by molar-refractivity contribution is -0.145. The number of nitrogens with one attached hydrogen (secondary N) is 1. The molecule has 0 aromatic heterocycles. The van der Waals surface area contributed by atoms with Crippen LogP contribution >= 0.6 is 11.6 Å². The zero-order valence-corrected chi connectivity index (χ0v) is 15.1. The number of fused-ring (bicyclic) bond motifs is 1. The van der Waals surface area contributed by atoms with Crippen LogP contribution in [-0.4, -0.2) is 28.7 Å². The first-order valence-electron chi connectivity index (χ1n) is 8.68. The zero-order chi connectivity index (χ0) is 19.0. The molecule has 2 aliphatic rings. The van der Waals surface area contributed by atoms with Crippen molar-refractivity contribution in [1.29, 1.82) is 0 Å². The molecule has 4 rings (SSSR count). The van der Waals surface area contributed by atoms with Gasteiger partial charge in [0.05, 0.1) is 5.56 Å². The average Bonchev–Trinajstić information content (AvgIpc) is 3.21. The summed E-state index contributed by atoms with van der Waals surface area (Å²) in [6.45, 7) is 0.262. The fourth-order valence-corrected chi connectivity index (χ4v) is 3.73. The lowest BCUT2D eigenvalue weighted by atomic mass is 10.1. The van der Waals surface area contributed by atoms with E-state index in [1.165, 1.54) is 4.90 Å². The van der Waals surface area contributed by atoms with E-state index in [0.717, 1.165) is 5.56 Å². The number of esters is 1. The number of halogens is 1. The van der Waals surface area contributed by atoms with Crippen LogP contribution in [0.2, 0.25) is 5.02 Å². The van der Waals surface area contributed by atoms with E-state index in [-0.39, 0.29) is 24.8 Å². The fourth-order valence-electron chi connectivity index (χ4n) is 3.53. The van der Waals surface area contributed by atoms with Crippen LogP contribution in [0.25, 0.3) is 0 Å². The molecule has 2 atom stereocenters. The summed E-state index contributed by atoms with van der Waals surface area (Å²) in [6, 6.07) is 13.5. The number of likely N-dealkylation sites (tertiary alicyclic amines) is 1. The number of hydrogen-bond acceptors (Lipinski definition) is 4. The summed E-state index contributed by atoms with van der Waals surface area (Å²) < 4.78 is 5.41. The molecule has 2 amide bonds. The van der Waals surface area contributed by atoms with Gasteiger partial charge in [0.1, 0.15) is 6.04 Å². The largest absolute Gasteiger partial charge is 0.433 e. The molecule has 0 radical (unpaired) electrons. The van der Waals surface area contributed by atoms with Crippen molar-refractivity contribution in [1.82, 2.24) is 10.2 Å². The third kappa shape index (κ3) is 3.17. The maximum absolute atomic E-state index is 12.7. The van der Waals surface area contributed by atoms with Gasteiger partial charge in [-0.25, -0.2) is 4.79 Å². The van der Waals surface area contributed by atoms with Gasteiger partial charge in [-0.1, -0.05) is 48.0 Å². The second-order valence-corrected chi connectivity index (χ2v) is 6.92. The lowest BCUT2D eigenvalue weighted by Crippen LogP contribution is -2.46. The number of hydrogen-bond donors (Lipinski definition) is 1. The Morgan fingerprint density at radius 1 is 1.15 bits per heavy atom. The van der Waals surface area contributed by atoms with Gasteiger partial charge in [0.2, 0.25) is 18.0 Å². The molecule has 1 saturated heterocycles. The second-order valence-electron chi connectivity index (χ2n) is 6.51. The predicted molar refractivity (Wildman–Crippen MR) is 97.8 cm³/mol. The summed E-state index contributed by atoms with van der Waals surface area (Å²) in [5.74, 6) is -0.978. The van der Waals surface area contributed by atoms with E-state index in [9.17, 15) is 14.4 Å². The summed E-state index contributed by atoms with van der Waals surface area (Å²) in [4.78, 5) is 38.7. The van der Waals surface area contributed by atoms with E-state index in [1.807, 2.05) is 18.2 Å². The molecule has 27 heavy (non-hydrogen) atoms. The van der Waals surface area contributed by atoms with Crippen molar-refractivity contribution in [2.24, 2.45) is 0 Å². The van der Waals surface area contributed by atoms with Gasteiger partial charge in [-0.05, 0) is 24.1 Å². The zero-order valence-electron chi connectivity index (χ0n) is 14.4. The van der Waals surface area contributed by atoms with Crippen molar-refractivity contribution >= 4 is 29.4 Å². The Labute approximate surface area is 161 Å². The van der Waals surface area contributed by atoms with Gasteiger partial charge in [-0.2, -0.15) is 0 Å². The number of benzene rings is 2. The number of cyclic esters (lactones) is 1. The summed E-state index contributed by atoms with van der Waals surface area (Å²) in [6.07, 6.45) is -0.246. The highest BCUT2D eigenvalue weighted by Crippen LogP contribution is 2.38. The van der Waals surface area contributed by atoms with Gasteiger partial charge in [0.15, 0.2) is 0 Å². The second kappa shape index (κ2) is 7.04. The van der Waals surface area contributed by atoms with E-state index in [0.29, 0.717) is 22.6 Å². The van der Waals surface area contributed by atoms with E-state index in [1.54, 1.807) is 30.3 Å². The molecule has 0 bridgehead atoms. The van der Waals surface area contributed by atoms with Crippen molar-refractivity contribution in [3.05, 3.63) is 70.2 Å². The molecule has 138 valence electrons. The number of carbonyl (C=O) groups is 3. The molecular weight excluding hydrogens is 368 g/mol. The molecule has 7 heteroatoms. The summed E-state index contributed by atoms with van der Waals surface area (Å²) in [7, 11) is 0. The van der Waals surface area contributed by atoms with Crippen LogP contribution in [0, 0.1) is 0 Å². The SMILES string of the molecule is O=C1O[C@H](N2C(=O)CC[C@@H]2C(=O)NCc2ccccc2Cl)c2ccccc21. The Morgan fingerprint density at radius 3 is 2.70 bits per heavy atom. The van der Waals surface area contributed by atoms with E-state index < -0.39 is 18.2 Å². The average molecular weight is 385 g/mol. The molecule has 1 fully saturated rings. The highest BCUT2D eigenvalue weighted by atomic mass is 35.5. The van der Waals surface area contributed by atoms with Crippen LogP contribution in [0.15, 0.2) is 48.5 Å². The van der Waals surface area contributed by atoms with Crippen LogP contribution in [-0.2, 0) is 20.9 Å². The fraction of sp³-hybridized carbons (Fsp3) is 0.250. The first kappa shape index (κ1) is 17.5. The molecule has 0 saturated carbocycles. The van der Waals surface area contributed by atoms with Gasteiger partial charge < -0.3 is 10.1 Å². The van der Waals surface area contributed by atoms with Crippen LogP contribution in [0.5, 0.6) is 0 Å². The van der Waals surface area contributed by atoms with E-state index in [2.05, 4.69) is 5.32 Å². The Morgan fingerprint density at radius 2 is 1.89 bits per heavy atom. The van der Waals surface area contributed by atoms with Gasteiger partial charge in [0, 0.05) is 23.6 Å². The molecular formula is C20H17ClN2O4. The first-order chi connectivity index (χ1) is 13.1. The minimum Gasteiger partial charge on any atom is -0.433 e. The highest BCUT2D eigenvalue weighted by Gasteiger charge is 2.46. The van der Waals surface area contributed by atoms with Gasteiger partial charge in [0.25, 0.3) is 0 Å². The van der Waals surface area contributed by atoms with Gasteiger partial charge >= 0.3 is 5.97 Å². The topological polar surface area (TPSA) is 75.7 Å². The van der Waals surface area contributed by atoms with Gasteiger partial charge in [-0.15, -0.1) is 0 Å². The summed E-state index contributed by atoms with van der Waals surface area (Å²) in [5.41, 5.74) is 1.83. The maximum Gasteiger partial charge on any atom is 0.340 e. The van der Waals surface area contributed by atoms with Crippen molar-refractivity contribution in [2.45, 2.75) is 31.7 Å². The third-order valence-electron chi connectivity index (χ3n) is 4.89. The van der Waals surface area contributed by atoms with Crippen LogP contribution < -0.4 is 5.32 Å². The molecule has 6 nitrogen and oxygen atoms in total. The molecule has 0 unspecified atom stereocenters. The first-order valence-corrected chi connectivity index (χ1v) is 9.06. The number of ether oxygens (including phenoxy) is 1. The normalized spacial score (nSPS) is 21.1. The number of amides is 2. The van der Waals surface area contributed by atoms with Crippen molar-refractivity contribution < 1.29 is 19.1 Å². The Bertz CT molecular complexity index is 930. The maximum atomic E-state index is 12.7. The molecule has 2 aliphatic heterocycles. The monoisotopic (exact) mass is 384 g/mol. The number of carbonyl (C=O) groups excluding carboxylic acids is 3. The van der Waals surface area contributed by atoms with Crippen LogP contribution in [0.4, 0.5) is 0 Å². The van der Waals surface area contributed by atoms with Crippen LogP contribution in [0.1, 0.15) is 40.6 Å². The Balaban J connectivity index is 1.53. The Hall–Kier alpha value is -2.86. The predicted octanol–water partition coefficient (Wildman–Crippen LogP) is 2.82.